The lowest BCUT2D eigenvalue weighted by Crippen LogP contribution is -2.52. The molecule has 0 aliphatic carbocycles. The third kappa shape index (κ3) is 9.45. The van der Waals surface area contributed by atoms with Crippen LogP contribution in [0.4, 0.5) is 5.69 Å². The Bertz CT molecular complexity index is 1220. The molecule has 2 aromatic carbocycles. The van der Waals surface area contributed by atoms with Gasteiger partial charge in [-0.1, -0.05) is 42.5 Å². The van der Waals surface area contributed by atoms with Gasteiger partial charge in [-0.3, -0.25) is 19.4 Å². The maximum absolute atomic E-state index is 13.5. The van der Waals surface area contributed by atoms with Crippen molar-refractivity contribution in [3.05, 3.63) is 84.7 Å². The Morgan fingerprint density at radius 2 is 1.60 bits per heavy atom. The van der Waals surface area contributed by atoms with Gasteiger partial charge in [0.05, 0.1) is 24.3 Å². The highest BCUT2D eigenvalue weighted by Gasteiger charge is 2.27. The van der Waals surface area contributed by atoms with E-state index in [2.05, 4.69) is 15.6 Å². The average Bonchev–Trinajstić information content (AvgIpc) is 2.97. The molecule has 0 saturated heterocycles. The second-order valence-corrected chi connectivity index (χ2v) is 9.13. The topological polar surface area (TPSA) is 179 Å². The summed E-state index contributed by atoms with van der Waals surface area (Å²) in [6.07, 6.45) is 3.79. The molecule has 0 saturated carbocycles. The minimum atomic E-state index is -1.15. The van der Waals surface area contributed by atoms with Crippen molar-refractivity contribution in [2.45, 2.75) is 31.3 Å². The molecule has 0 fully saturated rings. The lowest BCUT2D eigenvalue weighted by Gasteiger charge is -2.24. The Morgan fingerprint density at radius 1 is 0.900 bits per heavy atom. The fraction of sp³-hybridized carbons (Fsp3) is 0.310. The molecule has 1 aromatic heterocycles. The zero-order valence-corrected chi connectivity index (χ0v) is 22.4. The Labute approximate surface area is 234 Å². The molecule has 3 rings (SSSR count). The minimum Gasteiger partial charge on any atom is -0.454 e. The van der Waals surface area contributed by atoms with Gasteiger partial charge in [0.1, 0.15) is 11.8 Å². The number of amides is 3. The lowest BCUT2D eigenvalue weighted by molar-refractivity contribution is -0.134. The molecule has 0 aliphatic heterocycles. The molecular weight excluding hydrogens is 510 g/mol. The van der Waals surface area contributed by atoms with Gasteiger partial charge in [-0.2, -0.15) is 0 Å². The second-order valence-electron chi connectivity index (χ2n) is 9.13. The van der Waals surface area contributed by atoms with Crippen molar-refractivity contribution in [2.75, 3.05) is 31.5 Å². The van der Waals surface area contributed by atoms with E-state index in [0.717, 1.165) is 5.56 Å². The van der Waals surface area contributed by atoms with Gasteiger partial charge in [0.25, 0.3) is 0 Å². The number of anilines is 1. The van der Waals surface area contributed by atoms with Crippen LogP contribution in [0.2, 0.25) is 0 Å². The largest absolute Gasteiger partial charge is 0.454 e. The molecule has 11 nitrogen and oxygen atoms in total. The van der Waals surface area contributed by atoms with Crippen LogP contribution in [0.1, 0.15) is 18.4 Å². The molecule has 212 valence electrons. The fourth-order valence-electron chi connectivity index (χ4n) is 4.00. The van der Waals surface area contributed by atoms with Crippen molar-refractivity contribution in [3.8, 4) is 11.5 Å². The van der Waals surface area contributed by atoms with Crippen molar-refractivity contribution in [1.82, 2.24) is 15.2 Å². The van der Waals surface area contributed by atoms with E-state index in [1.165, 1.54) is 4.90 Å². The minimum absolute atomic E-state index is 0.235. The summed E-state index contributed by atoms with van der Waals surface area (Å²) in [5.74, 6) is -0.462. The number of carbonyl (C=O) groups excluding carboxylic acids is 3. The van der Waals surface area contributed by atoms with E-state index < -0.39 is 23.9 Å². The van der Waals surface area contributed by atoms with E-state index >= 15 is 0 Å². The molecular formula is C29H37N7O4. The standard InChI is InChI=1S/C29H37N7O4/c30-14-17-36(18-15-31)27(37)19-23(32)28(38)35-25(13-12-21-7-2-1-3-8-21)29(39)34-24-10-4-5-11-26(24)40-22-9-6-16-33-20-22/h1-11,16,20,23,25H,12-15,17-19,30-32H2,(H,34,39)(H,35,38)/t23-,25-/m0/s1. The zero-order chi connectivity index (χ0) is 28.7. The van der Waals surface area contributed by atoms with Crippen LogP contribution in [-0.2, 0) is 20.8 Å². The molecule has 1 heterocycles. The number of benzene rings is 2. The van der Waals surface area contributed by atoms with E-state index in [0.29, 0.717) is 43.1 Å². The highest BCUT2D eigenvalue weighted by atomic mass is 16.5. The van der Waals surface area contributed by atoms with E-state index in [1.54, 1.807) is 48.8 Å². The molecule has 0 spiro atoms. The van der Waals surface area contributed by atoms with Crippen LogP contribution < -0.4 is 32.6 Å². The van der Waals surface area contributed by atoms with Crippen molar-refractivity contribution in [1.29, 1.82) is 0 Å². The quantitative estimate of drug-likeness (QED) is 0.189. The molecule has 0 bridgehead atoms. The Hall–Kier alpha value is -4.32. The summed E-state index contributed by atoms with van der Waals surface area (Å²) < 4.78 is 5.90. The second kappa shape index (κ2) is 15.9. The third-order valence-corrected chi connectivity index (χ3v) is 6.09. The summed E-state index contributed by atoms with van der Waals surface area (Å²) in [6.45, 7) is 1.15. The monoisotopic (exact) mass is 547 g/mol. The Balaban J connectivity index is 1.72. The van der Waals surface area contributed by atoms with Crippen molar-refractivity contribution >= 4 is 23.4 Å². The van der Waals surface area contributed by atoms with E-state index in [4.69, 9.17) is 21.9 Å². The summed E-state index contributed by atoms with van der Waals surface area (Å²) in [7, 11) is 0. The number of ether oxygens (including phenoxy) is 1. The van der Waals surface area contributed by atoms with Gasteiger partial charge < -0.3 is 37.5 Å². The summed E-state index contributed by atoms with van der Waals surface area (Å²) in [5.41, 5.74) is 18.7. The lowest BCUT2D eigenvalue weighted by atomic mass is 10.0. The van der Waals surface area contributed by atoms with E-state index in [1.807, 2.05) is 30.3 Å². The summed E-state index contributed by atoms with van der Waals surface area (Å²) in [6, 6.07) is 18.0. The van der Waals surface area contributed by atoms with Crippen molar-refractivity contribution in [3.63, 3.8) is 0 Å². The summed E-state index contributed by atoms with van der Waals surface area (Å²) >= 11 is 0. The van der Waals surface area contributed by atoms with Gasteiger partial charge in [0.15, 0.2) is 5.75 Å². The van der Waals surface area contributed by atoms with Crippen LogP contribution in [0.15, 0.2) is 79.1 Å². The Morgan fingerprint density at radius 3 is 2.27 bits per heavy atom. The Kier molecular flexibility index (Phi) is 12.0. The normalized spacial score (nSPS) is 12.2. The SMILES string of the molecule is NCCN(CCN)C(=O)C[C@H](N)C(=O)N[C@@H](CCc1ccccc1)C(=O)Nc1ccccc1Oc1cccnc1. The molecule has 3 amide bonds. The van der Waals surface area contributed by atoms with Crippen molar-refractivity contribution in [2.24, 2.45) is 17.2 Å². The number of rotatable bonds is 15. The van der Waals surface area contributed by atoms with Gasteiger partial charge in [-0.05, 0) is 42.7 Å². The van der Waals surface area contributed by atoms with Gasteiger partial charge in [0.2, 0.25) is 17.7 Å². The first-order valence-corrected chi connectivity index (χ1v) is 13.2. The molecule has 8 N–H and O–H groups in total. The molecule has 0 unspecified atom stereocenters. The first kappa shape index (κ1) is 30.2. The number of hydrogen-bond donors (Lipinski definition) is 5. The number of aryl methyl sites for hydroxylation is 1. The number of aromatic nitrogens is 1. The summed E-state index contributed by atoms with van der Waals surface area (Å²) in [5, 5.41) is 5.60. The van der Waals surface area contributed by atoms with Gasteiger partial charge in [-0.15, -0.1) is 0 Å². The van der Waals surface area contributed by atoms with Crippen molar-refractivity contribution < 1.29 is 19.1 Å². The zero-order valence-electron chi connectivity index (χ0n) is 22.4. The van der Waals surface area contributed by atoms with E-state index in [-0.39, 0.29) is 25.4 Å². The number of nitrogens with two attached hydrogens (primary N) is 3. The maximum atomic E-state index is 13.5. The third-order valence-electron chi connectivity index (χ3n) is 6.09. The molecule has 0 radical (unpaired) electrons. The number of para-hydroxylation sites is 2. The van der Waals surface area contributed by atoms with Crippen LogP contribution in [0.3, 0.4) is 0 Å². The number of nitrogens with zero attached hydrogens (tertiary/aromatic N) is 2. The number of pyridine rings is 1. The molecule has 40 heavy (non-hydrogen) atoms. The highest BCUT2D eigenvalue weighted by Crippen LogP contribution is 2.29. The van der Waals surface area contributed by atoms with Gasteiger partial charge in [-0.25, -0.2) is 0 Å². The summed E-state index contributed by atoms with van der Waals surface area (Å²) in [4.78, 5) is 44.7. The first-order valence-electron chi connectivity index (χ1n) is 13.2. The number of nitrogens with one attached hydrogen (secondary N) is 2. The number of hydrogen-bond acceptors (Lipinski definition) is 8. The molecule has 3 aromatic rings. The average molecular weight is 548 g/mol. The predicted molar refractivity (Wildman–Crippen MR) is 153 cm³/mol. The van der Waals surface area contributed by atoms with Crippen LogP contribution >= 0.6 is 0 Å². The highest BCUT2D eigenvalue weighted by molar-refractivity contribution is 5.99. The molecule has 2 atom stereocenters. The van der Waals surface area contributed by atoms with Crippen LogP contribution in [-0.4, -0.2) is 65.9 Å². The van der Waals surface area contributed by atoms with Gasteiger partial charge >= 0.3 is 0 Å². The predicted octanol–water partition coefficient (Wildman–Crippen LogP) is 1.39. The number of carbonyl (C=O) groups is 3. The van der Waals surface area contributed by atoms with Gasteiger partial charge in [0, 0.05) is 32.4 Å². The van der Waals surface area contributed by atoms with Crippen LogP contribution in [0.25, 0.3) is 0 Å². The fourth-order valence-corrected chi connectivity index (χ4v) is 4.00. The first-order chi connectivity index (χ1) is 19.4. The maximum Gasteiger partial charge on any atom is 0.247 e. The van der Waals surface area contributed by atoms with Crippen LogP contribution in [0, 0.1) is 0 Å². The van der Waals surface area contributed by atoms with E-state index in [9.17, 15) is 14.4 Å². The smallest absolute Gasteiger partial charge is 0.247 e. The molecule has 0 aliphatic rings. The van der Waals surface area contributed by atoms with Crippen LogP contribution in [0.5, 0.6) is 11.5 Å². The molecule has 11 heteroatoms.